The average molecular weight is 479 g/mol. The smallest absolute Gasteiger partial charge is 0.337 e. The van der Waals surface area contributed by atoms with Crippen molar-refractivity contribution < 1.29 is 24.5 Å². The Morgan fingerprint density at radius 1 is 0.824 bits per heavy atom. The number of hydrogen-bond donors (Lipinski definition) is 2. The summed E-state index contributed by atoms with van der Waals surface area (Å²) in [5.41, 5.74) is 0.556. The van der Waals surface area contributed by atoms with Crippen LogP contribution in [0.4, 0.5) is 0 Å². The van der Waals surface area contributed by atoms with Gasteiger partial charge in [-0.25, -0.2) is 4.79 Å². The summed E-state index contributed by atoms with van der Waals surface area (Å²) < 4.78 is 5.38. The van der Waals surface area contributed by atoms with Gasteiger partial charge in [-0.05, 0) is 87.4 Å². The minimum Gasteiger partial charge on any atom is -0.512 e. The van der Waals surface area contributed by atoms with E-state index < -0.39 is 5.97 Å². The number of hydrogen-bond acceptors (Lipinski definition) is 4. The van der Waals surface area contributed by atoms with Crippen LogP contribution in [0.15, 0.2) is 11.3 Å². The van der Waals surface area contributed by atoms with Gasteiger partial charge in [0, 0.05) is 13.3 Å². The Kier molecular flexibility index (Phi) is 13.1. The number of esters is 1. The van der Waals surface area contributed by atoms with Gasteiger partial charge in [-0.15, -0.1) is 0 Å². The predicted octanol–water partition coefficient (Wildman–Crippen LogP) is 7.84. The van der Waals surface area contributed by atoms with Gasteiger partial charge in [-0.1, -0.05) is 52.4 Å². The second-order valence-electron chi connectivity index (χ2n) is 11.0. The second-order valence-corrected chi connectivity index (χ2v) is 11.0. The molecule has 5 heteroatoms. The number of aliphatic hydroxyl groups excluding tert-OH is 1. The summed E-state index contributed by atoms with van der Waals surface area (Å²) in [6.45, 7) is 6.03. The molecule has 0 radical (unpaired) electrons. The van der Waals surface area contributed by atoms with Crippen molar-refractivity contribution in [2.75, 3.05) is 6.61 Å². The lowest BCUT2D eigenvalue weighted by Crippen LogP contribution is -2.30. The maximum absolute atomic E-state index is 12.3. The molecule has 0 aromatic carbocycles. The molecule has 2 fully saturated rings. The molecule has 2 saturated carbocycles. The maximum atomic E-state index is 12.3. The van der Waals surface area contributed by atoms with Gasteiger partial charge >= 0.3 is 5.97 Å². The van der Waals surface area contributed by atoms with Crippen LogP contribution in [0.1, 0.15) is 124 Å². The normalized spacial score (nSPS) is 29.7. The highest BCUT2D eigenvalue weighted by atomic mass is 16.5. The standard InChI is InChI=1S/C27H46O3.C2H4O2/c1-3-5-6-18-30-27(29)25-17-16-24(19-26(25)28)23-14-12-22(13-15-23)21-10-8-20(7-4-2)9-11-21;1-2(3)4/h20-24,28H,3-19H2,1-2H3;1H3,(H,3,4). The van der Waals surface area contributed by atoms with Crippen LogP contribution in [0.5, 0.6) is 0 Å². The molecule has 3 rings (SSSR count). The zero-order valence-electron chi connectivity index (χ0n) is 22.0. The zero-order chi connectivity index (χ0) is 24.9. The zero-order valence-corrected chi connectivity index (χ0v) is 22.0. The first-order valence-electron chi connectivity index (χ1n) is 14.1. The number of carbonyl (C=O) groups excluding carboxylic acids is 1. The summed E-state index contributed by atoms with van der Waals surface area (Å²) in [6, 6.07) is 0. The van der Waals surface area contributed by atoms with Crippen molar-refractivity contribution in [3.05, 3.63) is 11.3 Å². The van der Waals surface area contributed by atoms with Gasteiger partial charge in [0.05, 0.1) is 12.2 Å². The van der Waals surface area contributed by atoms with Crippen molar-refractivity contribution in [2.45, 2.75) is 124 Å². The summed E-state index contributed by atoms with van der Waals surface area (Å²) in [5, 5.41) is 18.0. The number of carbonyl (C=O) groups is 2. The molecule has 0 spiro atoms. The van der Waals surface area contributed by atoms with E-state index in [2.05, 4.69) is 13.8 Å². The fraction of sp³-hybridized carbons (Fsp3) is 0.862. The van der Waals surface area contributed by atoms with Crippen LogP contribution in [0.25, 0.3) is 0 Å². The van der Waals surface area contributed by atoms with Crippen molar-refractivity contribution in [1.29, 1.82) is 0 Å². The molecule has 0 amide bonds. The number of unbranched alkanes of at least 4 members (excludes halogenated alkanes) is 2. The molecule has 196 valence electrons. The highest BCUT2D eigenvalue weighted by Crippen LogP contribution is 2.46. The van der Waals surface area contributed by atoms with Crippen LogP contribution in [0.2, 0.25) is 0 Å². The summed E-state index contributed by atoms with van der Waals surface area (Å²) in [4.78, 5) is 21.3. The number of aliphatic carboxylic acids is 1. The number of carboxylic acids is 1. The Morgan fingerprint density at radius 2 is 1.35 bits per heavy atom. The first kappa shape index (κ1) is 28.7. The summed E-state index contributed by atoms with van der Waals surface area (Å²) >= 11 is 0. The van der Waals surface area contributed by atoms with E-state index in [1.165, 1.54) is 64.2 Å². The molecule has 0 aliphatic heterocycles. The minimum absolute atomic E-state index is 0.274. The number of allylic oxidation sites excluding steroid dienone is 1. The van der Waals surface area contributed by atoms with E-state index in [0.29, 0.717) is 36.7 Å². The van der Waals surface area contributed by atoms with Crippen molar-refractivity contribution in [3.8, 4) is 0 Å². The SMILES string of the molecule is CC(=O)O.CCCCCOC(=O)C1=C(O)CC(C2CCC(C3CCC(CCC)CC3)CC2)CC1. The Labute approximate surface area is 207 Å². The van der Waals surface area contributed by atoms with Gasteiger partial charge in [0.2, 0.25) is 0 Å². The van der Waals surface area contributed by atoms with Crippen molar-refractivity contribution >= 4 is 11.9 Å². The summed E-state index contributed by atoms with van der Waals surface area (Å²) in [5.74, 6) is 3.45. The number of aliphatic hydroxyl groups is 1. The first-order chi connectivity index (χ1) is 16.3. The van der Waals surface area contributed by atoms with E-state index in [1.807, 2.05) is 0 Å². The van der Waals surface area contributed by atoms with E-state index in [-0.39, 0.29) is 5.97 Å². The molecule has 0 aromatic rings. The lowest BCUT2D eigenvalue weighted by atomic mass is 9.65. The van der Waals surface area contributed by atoms with Crippen molar-refractivity contribution in [2.24, 2.45) is 29.6 Å². The quantitative estimate of drug-likeness (QED) is 0.260. The van der Waals surface area contributed by atoms with Gasteiger partial charge in [0.1, 0.15) is 5.76 Å². The van der Waals surface area contributed by atoms with Crippen LogP contribution in [-0.4, -0.2) is 28.8 Å². The molecule has 3 aliphatic carbocycles. The van der Waals surface area contributed by atoms with Gasteiger partial charge in [-0.3, -0.25) is 4.79 Å². The Bertz CT molecular complexity index is 635. The lowest BCUT2D eigenvalue weighted by molar-refractivity contribution is -0.140. The third kappa shape index (κ3) is 9.62. The summed E-state index contributed by atoms with van der Waals surface area (Å²) in [7, 11) is 0. The fourth-order valence-electron chi connectivity index (χ4n) is 6.62. The molecule has 1 unspecified atom stereocenters. The van der Waals surface area contributed by atoms with E-state index in [4.69, 9.17) is 14.6 Å². The molecule has 0 saturated heterocycles. The van der Waals surface area contributed by atoms with Crippen LogP contribution >= 0.6 is 0 Å². The fourth-order valence-corrected chi connectivity index (χ4v) is 6.62. The molecule has 5 nitrogen and oxygen atoms in total. The molecular formula is C29H50O5. The topological polar surface area (TPSA) is 83.8 Å². The van der Waals surface area contributed by atoms with Gasteiger partial charge in [0.15, 0.2) is 0 Å². The molecule has 2 N–H and O–H groups in total. The van der Waals surface area contributed by atoms with Gasteiger partial charge in [-0.2, -0.15) is 0 Å². The van der Waals surface area contributed by atoms with Crippen LogP contribution < -0.4 is 0 Å². The number of ether oxygens (including phenoxy) is 1. The number of rotatable bonds is 9. The number of carboxylic acid groups (broad SMARTS) is 1. The molecule has 0 aromatic heterocycles. The van der Waals surface area contributed by atoms with E-state index in [0.717, 1.165) is 56.3 Å². The Morgan fingerprint density at radius 3 is 1.85 bits per heavy atom. The molecule has 0 heterocycles. The van der Waals surface area contributed by atoms with Gasteiger partial charge < -0.3 is 14.9 Å². The highest BCUT2D eigenvalue weighted by Gasteiger charge is 2.35. The van der Waals surface area contributed by atoms with Crippen LogP contribution in [0.3, 0.4) is 0 Å². The molecule has 0 bridgehead atoms. The van der Waals surface area contributed by atoms with Crippen molar-refractivity contribution in [1.82, 2.24) is 0 Å². The average Bonchev–Trinajstić information content (AvgIpc) is 2.82. The second kappa shape index (κ2) is 15.5. The third-order valence-electron chi connectivity index (χ3n) is 8.53. The van der Waals surface area contributed by atoms with E-state index in [1.54, 1.807) is 0 Å². The van der Waals surface area contributed by atoms with Crippen LogP contribution in [-0.2, 0) is 14.3 Å². The Balaban J connectivity index is 0.000000945. The predicted molar refractivity (Wildman–Crippen MR) is 137 cm³/mol. The maximum Gasteiger partial charge on any atom is 0.337 e. The molecular weight excluding hydrogens is 428 g/mol. The monoisotopic (exact) mass is 478 g/mol. The van der Waals surface area contributed by atoms with E-state index >= 15 is 0 Å². The third-order valence-corrected chi connectivity index (χ3v) is 8.53. The lowest BCUT2D eigenvalue weighted by Gasteiger charge is -2.40. The van der Waals surface area contributed by atoms with Crippen molar-refractivity contribution in [3.63, 3.8) is 0 Å². The molecule has 1 atom stereocenters. The summed E-state index contributed by atoms with van der Waals surface area (Å²) in [6.07, 6.45) is 19.7. The Hall–Kier alpha value is -1.52. The largest absolute Gasteiger partial charge is 0.512 e. The highest BCUT2D eigenvalue weighted by molar-refractivity contribution is 5.89. The van der Waals surface area contributed by atoms with E-state index in [9.17, 15) is 9.90 Å². The molecule has 3 aliphatic rings. The minimum atomic E-state index is -0.833. The first-order valence-corrected chi connectivity index (χ1v) is 14.1. The van der Waals surface area contributed by atoms with Crippen LogP contribution in [0, 0.1) is 29.6 Å². The molecule has 34 heavy (non-hydrogen) atoms. The van der Waals surface area contributed by atoms with Gasteiger partial charge in [0.25, 0.3) is 5.97 Å².